The molecule has 1 aromatic heterocycles. The van der Waals surface area contributed by atoms with Crippen LogP contribution >= 0.6 is 11.3 Å². The normalized spacial score (nSPS) is 15.5. The van der Waals surface area contributed by atoms with Gasteiger partial charge in [0.2, 0.25) is 0 Å². The first-order valence-corrected chi connectivity index (χ1v) is 15.0. The second-order valence-corrected chi connectivity index (χ2v) is 13.1. The lowest BCUT2D eigenvalue weighted by Crippen LogP contribution is -2.38. The molecule has 1 atom stereocenters. The minimum atomic E-state index is -3.31. The van der Waals surface area contributed by atoms with Gasteiger partial charge in [-0.1, -0.05) is 35.6 Å². The summed E-state index contributed by atoms with van der Waals surface area (Å²) in [5.74, 6) is 0. The zero-order valence-electron chi connectivity index (χ0n) is 22.1. The quantitative estimate of drug-likeness (QED) is 0.361. The van der Waals surface area contributed by atoms with Crippen molar-refractivity contribution in [1.29, 1.82) is 0 Å². The molecule has 12 heteroatoms. The largest absolute Gasteiger partial charge is 0.444 e. The summed E-state index contributed by atoms with van der Waals surface area (Å²) in [6.07, 6.45) is 5.11. The van der Waals surface area contributed by atoms with Crippen molar-refractivity contribution in [3.8, 4) is 11.1 Å². The average Bonchev–Trinajstić information content (AvgIpc) is 3.25. The fraction of sp³-hybridized carbons (Fsp3) is 0.333. The van der Waals surface area contributed by atoms with Gasteiger partial charge in [-0.3, -0.25) is 15.6 Å². The maximum Gasteiger partial charge on any atom is 0.409 e. The van der Waals surface area contributed by atoms with Gasteiger partial charge < -0.3 is 10.1 Å². The first kappa shape index (κ1) is 28.2. The number of urea groups is 1. The number of ether oxygens (including phenoxy) is 1. The highest BCUT2D eigenvalue weighted by Gasteiger charge is 2.19. The first-order valence-electron chi connectivity index (χ1n) is 12.3. The number of nitrogens with one attached hydrogen (secondary N) is 3. The molecule has 3 N–H and O–H groups in total. The molecular weight excluding hydrogens is 538 g/mol. The lowest BCUT2D eigenvalue weighted by atomic mass is 10.1. The Labute approximate surface area is 231 Å². The van der Waals surface area contributed by atoms with E-state index in [0.29, 0.717) is 24.5 Å². The van der Waals surface area contributed by atoms with E-state index in [4.69, 9.17) is 4.74 Å². The Morgan fingerprint density at radius 1 is 1.13 bits per heavy atom. The molecule has 0 spiro atoms. The molecule has 0 radical (unpaired) electrons. The van der Waals surface area contributed by atoms with E-state index in [1.807, 2.05) is 30.3 Å². The zero-order chi connectivity index (χ0) is 28.2. The number of hydrogen-bond acceptors (Lipinski definition) is 8. The summed E-state index contributed by atoms with van der Waals surface area (Å²) in [7, 11) is -3.31. The molecule has 3 amide bonds. The van der Waals surface area contributed by atoms with Gasteiger partial charge in [0.25, 0.3) is 0 Å². The highest BCUT2D eigenvalue weighted by Crippen LogP contribution is 2.31. The van der Waals surface area contributed by atoms with Crippen LogP contribution in [0.5, 0.6) is 0 Å². The van der Waals surface area contributed by atoms with Gasteiger partial charge in [-0.15, -0.1) is 0 Å². The van der Waals surface area contributed by atoms with Crippen molar-refractivity contribution < 1.29 is 22.7 Å². The zero-order valence-corrected chi connectivity index (χ0v) is 23.8. The Balaban J connectivity index is 1.27. The van der Waals surface area contributed by atoms with Crippen molar-refractivity contribution in [3.63, 3.8) is 0 Å². The van der Waals surface area contributed by atoms with E-state index in [-0.39, 0.29) is 17.1 Å². The van der Waals surface area contributed by atoms with Crippen LogP contribution in [0.3, 0.4) is 0 Å². The molecule has 1 unspecified atom stereocenters. The van der Waals surface area contributed by atoms with Gasteiger partial charge in [0.05, 0.1) is 15.1 Å². The van der Waals surface area contributed by atoms with E-state index in [9.17, 15) is 18.0 Å². The number of benzene rings is 2. The van der Waals surface area contributed by atoms with Crippen LogP contribution < -0.4 is 16.0 Å². The summed E-state index contributed by atoms with van der Waals surface area (Å²) in [6, 6.07) is 12.1. The number of dihydropyridines is 1. The van der Waals surface area contributed by atoms with E-state index in [0.717, 1.165) is 26.9 Å². The van der Waals surface area contributed by atoms with Crippen LogP contribution in [-0.2, 0) is 14.6 Å². The van der Waals surface area contributed by atoms with Crippen LogP contribution in [-0.4, -0.2) is 56.3 Å². The molecule has 2 heterocycles. The number of fused-ring (bicyclic) bond motifs is 1. The molecule has 0 aliphatic carbocycles. The minimum Gasteiger partial charge on any atom is -0.444 e. The number of rotatable bonds is 7. The average molecular weight is 570 g/mol. The lowest BCUT2D eigenvalue weighted by Gasteiger charge is -2.22. The maximum atomic E-state index is 12.4. The van der Waals surface area contributed by atoms with Gasteiger partial charge in [0, 0.05) is 25.4 Å². The van der Waals surface area contributed by atoms with Gasteiger partial charge in [0.15, 0.2) is 15.0 Å². The molecule has 206 valence electrons. The van der Waals surface area contributed by atoms with Crippen molar-refractivity contribution in [2.24, 2.45) is 4.99 Å². The minimum absolute atomic E-state index is 0.260. The fourth-order valence-electron chi connectivity index (χ4n) is 3.79. The first-order chi connectivity index (χ1) is 18.4. The number of aliphatic imine (C=N–C) groups is 1. The van der Waals surface area contributed by atoms with Crippen LogP contribution in [0.1, 0.15) is 33.6 Å². The number of amides is 3. The number of anilines is 1. The summed E-state index contributed by atoms with van der Waals surface area (Å²) in [6.45, 7) is 5.81. The smallest absolute Gasteiger partial charge is 0.409 e. The van der Waals surface area contributed by atoms with Crippen molar-refractivity contribution in [2.45, 2.75) is 50.3 Å². The highest BCUT2D eigenvalue weighted by atomic mass is 32.2. The van der Waals surface area contributed by atoms with Gasteiger partial charge in [0.1, 0.15) is 11.8 Å². The highest BCUT2D eigenvalue weighted by molar-refractivity contribution is 7.90. The summed E-state index contributed by atoms with van der Waals surface area (Å²) in [5.41, 5.74) is 2.77. The fourth-order valence-corrected chi connectivity index (χ4v) is 5.36. The number of alkyl carbamates (subject to hydrolysis) is 1. The number of sulfone groups is 1. The van der Waals surface area contributed by atoms with Crippen LogP contribution in [0.25, 0.3) is 21.3 Å². The van der Waals surface area contributed by atoms with E-state index >= 15 is 0 Å². The molecule has 3 aromatic rings. The van der Waals surface area contributed by atoms with Crippen molar-refractivity contribution in [2.75, 3.05) is 18.1 Å². The monoisotopic (exact) mass is 569 g/mol. The lowest BCUT2D eigenvalue weighted by molar-refractivity contribution is 0.0506. The third kappa shape index (κ3) is 8.11. The molecule has 2 aromatic carbocycles. The second-order valence-electron chi connectivity index (χ2n) is 10.1. The molecular formula is C27H31N5O5S2. The molecule has 1 aliphatic rings. The summed E-state index contributed by atoms with van der Waals surface area (Å²) in [5, 5.41) is 8.76. The van der Waals surface area contributed by atoms with Crippen molar-refractivity contribution in [1.82, 2.24) is 15.6 Å². The van der Waals surface area contributed by atoms with Gasteiger partial charge in [-0.25, -0.2) is 23.0 Å². The third-order valence-electron chi connectivity index (χ3n) is 5.61. The van der Waals surface area contributed by atoms with Gasteiger partial charge in [-0.05, 0) is 68.2 Å². The molecule has 4 rings (SSSR count). The summed E-state index contributed by atoms with van der Waals surface area (Å²) in [4.78, 5) is 33.4. The standard InChI is InChI=1S/C27H31N5O5S2/c1-27(2,3)37-26(34)31-23-11-8-17(16-29-23)12-13-28-24(33)32-25-30-21-10-9-19(15-22(21)38-25)18-6-5-7-20(14-18)39(4,35)36/h5-10,14-16,23H,11-13H2,1-4H3,(H,31,34)(H2,28,30,32,33). The van der Waals surface area contributed by atoms with E-state index in [2.05, 4.69) is 25.9 Å². The van der Waals surface area contributed by atoms with Crippen LogP contribution in [0.4, 0.5) is 14.7 Å². The Bertz CT molecular complexity index is 1550. The topological polar surface area (TPSA) is 139 Å². The molecule has 0 bridgehead atoms. The Kier molecular flexibility index (Phi) is 8.36. The molecule has 0 fully saturated rings. The molecule has 39 heavy (non-hydrogen) atoms. The third-order valence-corrected chi connectivity index (χ3v) is 7.65. The number of carbonyl (C=O) groups is 2. The predicted molar refractivity (Wildman–Crippen MR) is 154 cm³/mol. The molecule has 0 saturated carbocycles. The van der Waals surface area contributed by atoms with Crippen molar-refractivity contribution >= 4 is 54.9 Å². The number of thiazole rings is 1. The number of nitrogens with zero attached hydrogens (tertiary/aromatic N) is 2. The molecule has 10 nitrogen and oxygen atoms in total. The summed E-state index contributed by atoms with van der Waals surface area (Å²) < 4.78 is 29.9. The summed E-state index contributed by atoms with van der Waals surface area (Å²) >= 11 is 1.34. The second kappa shape index (κ2) is 11.5. The number of carbonyl (C=O) groups excluding carboxylic acids is 2. The van der Waals surface area contributed by atoms with E-state index in [1.54, 1.807) is 45.2 Å². The SMILES string of the molecule is CC(C)(C)OC(=O)NC1CC=C(CCNC(=O)Nc2nc3ccc(-c4cccc(S(C)(=O)=O)c4)cc3s2)C=N1. The van der Waals surface area contributed by atoms with E-state index < -0.39 is 21.5 Å². The number of aromatic nitrogens is 1. The molecule has 1 aliphatic heterocycles. The van der Waals surface area contributed by atoms with E-state index in [1.165, 1.54) is 17.6 Å². The van der Waals surface area contributed by atoms with Crippen LogP contribution in [0.15, 0.2) is 64.0 Å². The van der Waals surface area contributed by atoms with Crippen LogP contribution in [0.2, 0.25) is 0 Å². The Morgan fingerprint density at radius 2 is 1.90 bits per heavy atom. The Morgan fingerprint density at radius 3 is 2.59 bits per heavy atom. The van der Waals surface area contributed by atoms with Crippen molar-refractivity contribution in [3.05, 3.63) is 54.1 Å². The molecule has 0 saturated heterocycles. The maximum absolute atomic E-state index is 12.4. The number of hydrogen-bond donors (Lipinski definition) is 3. The predicted octanol–water partition coefficient (Wildman–Crippen LogP) is 5.13. The van der Waals surface area contributed by atoms with Gasteiger partial charge in [-0.2, -0.15) is 0 Å². The Hall–Kier alpha value is -3.77. The van der Waals surface area contributed by atoms with Gasteiger partial charge >= 0.3 is 12.1 Å². The van der Waals surface area contributed by atoms with Crippen LogP contribution in [0, 0.1) is 0 Å².